The number of benzene rings is 8. The van der Waals surface area contributed by atoms with Crippen LogP contribution in [0, 0.1) is 62.2 Å². The first kappa shape index (κ1) is 52.7. The van der Waals surface area contributed by atoms with Gasteiger partial charge < -0.3 is 0 Å². The van der Waals surface area contributed by atoms with Crippen LogP contribution in [0.1, 0.15) is 145 Å². The van der Waals surface area contributed by atoms with Crippen LogP contribution < -0.4 is 18.3 Å². The van der Waals surface area contributed by atoms with E-state index in [1.165, 1.54) is 81.2 Å². The van der Waals surface area contributed by atoms with Crippen molar-refractivity contribution in [2.45, 2.75) is 128 Å². The summed E-state index contributed by atoms with van der Waals surface area (Å²) in [5.74, 6) is -3.96. The minimum Gasteiger partial charge on any atom is -0.200 e. The molecule has 0 saturated heterocycles. The number of hydrogen-bond donors (Lipinski definition) is 0. The van der Waals surface area contributed by atoms with Gasteiger partial charge in [-0.05, 0) is 219 Å². The van der Waals surface area contributed by atoms with Crippen molar-refractivity contribution in [3.63, 3.8) is 0 Å². The molecule has 8 aromatic carbocycles. The smallest absolute Gasteiger partial charge is 0.200 e. The summed E-state index contributed by atoms with van der Waals surface area (Å²) < 4.78 is 119. The van der Waals surface area contributed by atoms with E-state index in [1.54, 1.807) is 24.3 Å². The SMILES string of the molecule is CCc1cc(CC)cc(-c2ccc(-c3ccccc3C)[n+](C)c2)c1.[2H]C([2H])([2H])C([2H])(C)c1cc(-c2ccc(-c3ccccc3C)[n+](C)c2)cc(C([2H])(C)C([2H])([2H])[2H])c1.[2H]C([2H])([2H])c1c(C)cc(-c2ccc(-c3ccccc3C)[n+](C)c2)cc1C.[2H]C([2H])([2H])c1cc(C)cc(-c2ccc(-c3ccccc3C)[n+](C)c2)c1. The van der Waals surface area contributed by atoms with Crippen molar-refractivity contribution in [1.82, 2.24) is 0 Å². The summed E-state index contributed by atoms with van der Waals surface area (Å²) >= 11 is 0. The van der Waals surface area contributed by atoms with Crippen molar-refractivity contribution >= 4 is 0 Å². The van der Waals surface area contributed by atoms with E-state index in [2.05, 4.69) is 183 Å². The second-order valence-electron chi connectivity index (χ2n) is 25.3. The number of nitrogens with zero attached hydrogens (tertiary/aromatic N) is 4. The first-order valence-electron chi connectivity index (χ1n) is 39.8. The van der Waals surface area contributed by atoms with E-state index < -0.39 is 39.2 Å². The zero-order chi connectivity index (χ0) is 80.0. The number of aryl methyl sites for hydroxylation is 14. The largest absolute Gasteiger partial charge is 0.212 e. The molecule has 4 nitrogen and oxygen atoms in total. The first-order valence-corrected chi connectivity index (χ1v) is 32.8. The van der Waals surface area contributed by atoms with Crippen LogP contribution in [0.25, 0.3) is 89.5 Å². The molecule has 0 amide bonds. The maximum Gasteiger partial charge on any atom is 0.212 e. The van der Waals surface area contributed by atoms with Crippen LogP contribution in [0.3, 0.4) is 0 Å². The Hall–Kier alpha value is -9.64. The minimum atomic E-state index is -2.64. The second-order valence-corrected chi connectivity index (χ2v) is 25.3. The molecule has 95 heavy (non-hydrogen) atoms. The number of pyridine rings is 4. The lowest BCUT2D eigenvalue weighted by atomic mass is 9.91. The highest BCUT2D eigenvalue weighted by Crippen LogP contribution is 2.33. The van der Waals surface area contributed by atoms with E-state index in [4.69, 9.17) is 19.2 Å². The fourth-order valence-corrected chi connectivity index (χ4v) is 12.3. The topological polar surface area (TPSA) is 15.5 Å². The maximum absolute atomic E-state index is 8.58. The normalized spacial score (nSPS) is 14.9. The van der Waals surface area contributed by atoms with Crippen molar-refractivity contribution in [2.75, 3.05) is 0 Å². The zero-order valence-electron chi connectivity index (χ0n) is 72.2. The van der Waals surface area contributed by atoms with Crippen LogP contribution in [0.15, 0.2) is 237 Å². The van der Waals surface area contributed by atoms with Gasteiger partial charge in [-0.2, -0.15) is 0 Å². The predicted octanol–water partition coefficient (Wildman–Crippen LogP) is 21.5. The molecule has 482 valence electrons. The van der Waals surface area contributed by atoms with Gasteiger partial charge in [0.25, 0.3) is 0 Å². The van der Waals surface area contributed by atoms with Crippen LogP contribution in [-0.4, -0.2) is 0 Å². The molecule has 2 atom stereocenters. The lowest BCUT2D eigenvalue weighted by Crippen LogP contribution is -2.30. The van der Waals surface area contributed by atoms with Gasteiger partial charge in [0.05, 0.1) is 0 Å². The maximum atomic E-state index is 8.58. The highest BCUT2D eigenvalue weighted by Gasteiger charge is 2.19. The summed E-state index contributed by atoms with van der Waals surface area (Å²) in [4.78, 5) is 0. The van der Waals surface area contributed by atoms with Crippen LogP contribution in [0.2, 0.25) is 0 Å². The Morgan fingerprint density at radius 3 is 0.937 bits per heavy atom. The molecule has 4 heterocycles. The third-order valence-electron chi connectivity index (χ3n) is 17.8. The molecule has 0 radical (unpaired) electrons. The van der Waals surface area contributed by atoms with Gasteiger partial charge in [0.2, 0.25) is 22.8 Å². The molecule has 4 aromatic heterocycles. The van der Waals surface area contributed by atoms with Crippen molar-refractivity contribution in [1.29, 1.82) is 0 Å². The Kier molecular flexibility index (Phi) is 17.5. The first-order chi connectivity index (χ1) is 51.0. The average molecular weight is 1270 g/mol. The van der Waals surface area contributed by atoms with E-state index in [1.807, 2.05) is 132 Å². The standard InChI is InChI=1S/C25H30N.C23H26N.C22H24N.C21H22N/c1-17(2)21-13-22(18(3)4)15-23(14-21)20-11-12-25(26(6)16-20)24-10-8-7-9-19(24)5;1-5-18-13-19(6-2)15-21(14-18)20-11-12-23(24(4)16-20)22-10-8-7-9-17(22)3;1-15-8-6-7-9-21(15)22-11-10-19(14-23(22)5)20-12-16(2)18(4)17(3)13-20;1-15-11-16(2)13-19(12-15)18-9-10-21(22(4)14-18)20-8-6-5-7-17(20)3/h7-18H,1-6H3;7-16H,5-6H2,1-4H3;6-14H,1-5H3;5-14H,1-4H3/q4*+1/i1D3,3D3,17D,18D;;4D3;1D3. The van der Waals surface area contributed by atoms with Gasteiger partial charge in [-0.1, -0.05) is 192 Å². The molecule has 0 aliphatic heterocycles. The molecule has 0 spiro atoms. The summed E-state index contributed by atoms with van der Waals surface area (Å²) in [5.41, 5.74) is 28.7. The molecule has 0 fully saturated rings. The van der Waals surface area contributed by atoms with Gasteiger partial charge in [0, 0.05) is 88.0 Å². The van der Waals surface area contributed by atoms with Crippen LogP contribution >= 0.6 is 0 Å². The Balaban J connectivity index is 0.000000169. The molecular weight excluding hydrogens is 1150 g/mol. The monoisotopic (exact) mass is 1260 g/mol. The van der Waals surface area contributed by atoms with Gasteiger partial charge >= 0.3 is 0 Å². The van der Waals surface area contributed by atoms with E-state index >= 15 is 0 Å². The van der Waals surface area contributed by atoms with Gasteiger partial charge in [-0.25, -0.2) is 18.3 Å². The highest BCUT2D eigenvalue weighted by molar-refractivity contribution is 5.72. The summed E-state index contributed by atoms with van der Waals surface area (Å²) in [6.45, 7) is 11.7. The van der Waals surface area contributed by atoms with Gasteiger partial charge in [0.1, 0.15) is 28.2 Å². The molecule has 4 heteroatoms. The van der Waals surface area contributed by atoms with Crippen molar-refractivity contribution in [3.8, 4) is 89.5 Å². The third-order valence-corrected chi connectivity index (χ3v) is 17.8. The second kappa shape index (κ2) is 31.5. The lowest BCUT2D eigenvalue weighted by Gasteiger charge is -2.14. The Bertz CT molecular complexity index is 5180. The van der Waals surface area contributed by atoms with Crippen LogP contribution in [0.4, 0.5) is 0 Å². The zero-order valence-corrected chi connectivity index (χ0v) is 58.2. The molecule has 0 N–H and O–H groups in total. The molecule has 0 saturated carbocycles. The van der Waals surface area contributed by atoms with Crippen molar-refractivity contribution < 1.29 is 37.5 Å². The fraction of sp³-hybridized carbons (Fsp3) is 0.253. The van der Waals surface area contributed by atoms with Crippen molar-refractivity contribution in [3.05, 3.63) is 309 Å². The highest BCUT2D eigenvalue weighted by atomic mass is 14.9. The van der Waals surface area contributed by atoms with E-state index in [0.29, 0.717) is 16.7 Å². The molecular formula is C91H102N4+4. The molecule has 12 aromatic rings. The van der Waals surface area contributed by atoms with Gasteiger partial charge in [-0.3, -0.25) is 0 Å². The van der Waals surface area contributed by atoms with E-state index in [0.717, 1.165) is 85.6 Å². The molecule has 2 unspecified atom stereocenters. The number of rotatable bonds is 12. The Labute approximate surface area is 590 Å². The summed E-state index contributed by atoms with van der Waals surface area (Å²) in [5, 5.41) is 0. The van der Waals surface area contributed by atoms with Crippen LogP contribution in [-0.2, 0) is 41.0 Å². The molecule has 0 bridgehead atoms. The van der Waals surface area contributed by atoms with Gasteiger partial charge in [-0.15, -0.1) is 0 Å². The summed E-state index contributed by atoms with van der Waals surface area (Å²) in [7, 11) is 8.10. The molecule has 0 aliphatic rings. The quantitative estimate of drug-likeness (QED) is 0.108. The van der Waals surface area contributed by atoms with Crippen LogP contribution in [0.5, 0.6) is 0 Å². The fourth-order valence-electron chi connectivity index (χ4n) is 12.3. The lowest BCUT2D eigenvalue weighted by molar-refractivity contribution is -0.660. The number of aromatic nitrogens is 4. The number of hydrogen-bond acceptors (Lipinski definition) is 0. The molecule has 12 rings (SSSR count). The summed E-state index contributed by atoms with van der Waals surface area (Å²) in [6, 6.07) is 71.0. The summed E-state index contributed by atoms with van der Waals surface area (Å²) in [6.07, 6.45) is 10.4. The average Bonchev–Trinajstić information content (AvgIpc) is 0.755. The third kappa shape index (κ3) is 17.2. The predicted molar refractivity (Wildman–Crippen MR) is 404 cm³/mol. The Morgan fingerprint density at radius 2 is 0.632 bits per heavy atom. The van der Waals surface area contributed by atoms with E-state index in [-0.39, 0.29) is 11.1 Å². The van der Waals surface area contributed by atoms with Gasteiger partial charge in [0.15, 0.2) is 24.8 Å². The van der Waals surface area contributed by atoms with E-state index in [9.17, 15) is 0 Å². The van der Waals surface area contributed by atoms with Crippen molar-refractivity contribution in [2.24, 2.45) is 28.2 Å². The minimum absolute atomic E-state index is 0.147. The Morgan fingerprint density at radius 1 is 0.316 bits per heavy atom. The molecule has 0 aliphatic carbocycles.